The molecule has 0 aromatic heterocycles. The zero-order valence-corrected chi connectivity index (χ0v) is 8.59. The van der Waals surface area contributed by atoms with E-state index in [1.165, 1.54) is 0 Å². The van der Waals surface area contributed by atoms with Crippen LogP contribution in [0, 0.1) is 0 Å². The molecule has 0 saturated heterocycles. The molecule has 6 nitrogen and oxygen atoms in total. The SMILES string of the molecule is N.O.O[Si](O)(O)O.[Hf]. The van der Waals surface area contributed by atoms with Crippen molar-refractivity contribution in [1.82, 2.24) is 6.15 Å². The van der Waals surface area contributed by atoms with Gasteiger partial charge in [0.15, 0.2) is 0 Å². The Morgan fingerprint density at radius 3 is 0.875 bits per heavy atom. The summed E-state index contributed by atoms with van der Waals surface area (Å²) in [6.45, 7) is 0. The van der Waals surface area contributed by atoms with E-state index in [0.717, 1.165) is 0 Å². The van der Waals surface area contributed by atoms with Crippen LogP contribution in [0.5, 0.6) is 0 Å². The largest absolute Gasteiger partial charge is 0.668 e. The molecule has 0 aromatic rings. The normalized spacial score (nSPS) is 7.50. The van der Waals surface area contributed by atoms with Crippen LogP contribution in [0.15, 0.2) is 0 Å². The van der Waals surface area contributed by atoms with Crippen molar-refractivity contribution in [1.29, 1.82) is 0 Å². The Morgan fingerprint density at radius 1 is 0.875 bits per heavy atom. The summed E-state index contributed by atoms with van der Waals surface area (Å²) < 4.78 is 0. The molecule has 0 spiro atoms. The predicted octanol–water partition coefficient (Wildman–Crippen LogP) is -3.27. The zero-order chi connectivity index (χ0) is 4.50. The van der Waals surface area contributed by atoms with Crippen molar-refractivity contribution in [3.63, 3.8) is 0 Å². The minimum atomic E-state index is -4.61. The molecule has 8 heteroatoms. The maximum absolute atomic E-state index is 7.33. The van der Waals surface area contributed by atoms with Crippen molar-refractivity contribution in [3.8, 4) is 0 Å². The van der Waals surface area contributed by atoms with Gasteiger partial charge in [-0.25, -0.2) is 0 Å². The summed E-state index contributed by atoms with van der Waals surface area (Å²) in [7, 11) is -4.61. The van der Waals surface area contributed by atoms with Gasteiger partial charge in [-0.05, 0) is 0 Å². The van der Waals surface area contributed by atoms with Gasteiger partial charge in [-0.3, -0.25) is 0 Å². The molecule has 0 aliphatic heterocycles. The monoisotopic (exact) mass is 311 g/mol. The first-order valence-electron chi connectivity index (χ1n) is 0.894. The average molecular weight is 310 g/mol. The van der Waals surface area contributed by atoms with Gasteiger partial charge in [0.1, 0.15) is 0 Å². The fourth-order valence-corrected chi connectivity index (χ4v) is 0. The molecule has 0 aliphatic rings. The fourth-order valence-electron chi connectivity index (χ4n) is 0. The van der Waals surface area contributed by atoms with Crippen molar-refractivity contribution in [2.24, 2.45) is 0 Å². The van der Waals surface area contributed by atoms with E-state index in [2.05, 4.69) is 0 Å². The van der Waals surface area contributed by atoms with E-state index in [1.807, 2.05) is 0 Å². The second-order valence-electron chi connectivity index (χ2n) is 0.600. The van der Waals surface area contributed by atoms with Gasteiger partial charge in [0.05, 0.1) is 0 Å². The molecule has 0 saturated carbocycles. The van der Waals surface area contributed by atoms with Crippen molar-refractivity contribution in [2.45, 2.75) is 0 Å². The van der Waals surface area contributed by atoms with Crippen LogP contribution in [-0.2, 0) is 25.8 Å². The maximum Gasteiger partial charge on any atom is 0.668 e. The van der Waals surface area contributed by atoms with E-state index in [1.54, 1.807) is 0 Å². The first kappa shape index (κ1) is 23.2. The van der Waals surface area contributed by atoms with Crippen molar-refractivity contribution in [2.75, 3.05) is 0 Å². The quantitative estimate of drug-likeness (QED) is 0.298. The molecule has 0 unspecified atom stereocenters. The van der Waals surface area contributed by atoms with Crippen LogP contribution < -0.4 is 6.15 Å². The third-order valence-corrected chi connectivity index (χ3v) is 0. The van der Waals surface area contributed by atoms with Gasteiger partial charge in [0.2, 0.25) is 0 Å². The topological polar surface area (TPSA) is 147 Å². The molecule has 0 atom stereocenters. The summed E-state index contributed by atoms with van der Waals surface area (Å²) in [5.41, 5.74) is 0. The standard InChI is InChI=1S/Hf.H3N.H4O4Si.H2O/c;;1-5(2,3)4;/h;1H3;1-4H;1H2. The third-order valence-electron chi connectivity index (χ3n) is 0. The Kier molecular flexibility index (Phi) is 22.7. The molecule has 0 rings (SSSR count). The van der Waals surface area contributed by atoms with Gasteiger partial charge in [-0.1, -0.05) is 0 Å². The van der Waals surface area contributed by atoms with Gasteiger partial charge in [-0.15, -0.1) is 0 Å². The fraction of sp³-hybridized carbons (Fsp3) is 0. The first-order chi connectivity index (χ1) is 2.00. The molecule has 8 heavy (non-hydrogen) atoms. The minimum absolute atomic E-state index is 0. The van der Waals surface area contributed by atoms with E-state index < -0.39 is 9.05 Å². The number of hydrogen-bond acceptors (Lipinski definition) is 5. The van der Waals surface area contributed by atoms with E-state index in [9.17, 15) is 0 Å². The molecule has 9 N–H and O–H groups in total. The van der Waals surface area contributed by atoms with Crippen molar-refractivity contribution in [3.05, 3.63) is 0 Å². The Labute approximate surface area is 66.0 Å². The van der Waals surface area contributed by atoms with Crippen LogP contribution in [-0.4, -0.2) is 33.7 Å². The number of hydrogen-bond donors (Lipinski definition) is 5. The second-order valence-corrected chi connectivity index (χ2v) is 1.80. The molecule has 0 aliphatic carbocycles. The Balaban J connectivity index is -0.0000000267. The summed E-state index contributed by atoms with van der Waals surface area (Å²) in [5.74, 6) is 0. The van der Waals surface area contributed by atoms with Gasteiger partial charge < -0.3 is 30.8 Å². The molecule has 0 aromatic carbocycles. The molecule has 0 heterocycles. The summed E-state index contributed by atoms with van der Waals surface area (Å²) in [6.07, 6.45) is 0. The molecular weight excluding hydrogens is 301 g/mol. The van der Waals surface area contributed by atoms with Crippen molar-refractivity contribution >= 4 is 9.05 Å². The molecule has 0 fully saturated rings. The van der Waals surface area contributed by atoms with Crippen molar-refractivity contribution < 1.29 is 50.5 Å². The Bertz CT molecular complexity index is 27.9. The molecule has 0 amide bonds. The van der Waals surface area contributed by atoms with E-state index in [0.29, 0.717) is 0 Å². The molecule has 0 bridgehead atoms. The smallest absolute Gasteiger partial charge is 0.412 e. The summed E-state index contributed by atoms with van der Waals surface area (Å²) >= 11 is 0. The predicted molar refractivity (Wildman–Crippen MR) is 23.3 cm³/mol. The minimum Gasteiger partial charge on any atom is -0.412 e. The van der Waals surface area contributed by atoms with Gasteiger partial charge >= 0.3 is 9.05 Å². The van der Waals surface area contributed by atoms with E-state index >= 15 is 0 Å². The first-order valence-corrected chi connectivity index (χ1v) is 2.68. The van der Waals surface area contributed by atoms with Crippen LogP contribution in [0.2, 0.25) is 0 Å². The van der Waals surface area contributed by atoms with E-state index in [4.69, 9.17) is 19.2 Å². The summed E-state index contributed by atoms with van der Waals surface area (Å²) in [6, 6.07) is 0. The van der Waals surface area contributed by atoms with Crippen LogP contribution in [0.3, 0.4) is 0 Å². The Hall–Kier alpha value is 0.847. The van der Waals surface area contributed by atoms with Gasteiger partial charge in [0, 0.05) is 25.8 Å². The second kappa shape index (κ2) is 7.85. The molecule has 52 valence electrons. The third kappa shape index (κ3) is 326. The Morgan fingerprint density at radius 2 is 0.875 bits per heavy atom. The van der Waals surface area contributed by atoms with Crippen LogP contribution >= 0.6 is 0 Å². The van der Waals surface area contributed by atoms with Crippen LogP contribution in [0.1, 0.15) is 0 Å². The maximum atomic E-state index is 7.33. The average Bonchev–Trinajstić information content (AvgIpc) is 0.722. The molecular formula is H9HfNO5Si. The van der Waals surface area contributed by atoms with Crippen LogP contribution in [0.25, 0.3) is 0 Å². The summed E-state index contributed by atoms with van der Waals surface area (Å²) in [5, 5.41) is 0. The zero-order valence-electron chi connectivity index (χ0n) is 4.00. The summed E-state index contributed by atoms with van der Waals surface area (Å²) in [4.78, 5) is 29.3. The van der Waals surface area contributed by atoms with Gasteiger partial charge in [-0.2, -0.15) is 0 Å². The van der Waals surface area contributed by atoms with Crippen LogP contribution in [0.4, 0.5) is 0 Å². The number of rotatable bonds is 0. The van der Waals surface area contributed by atoms with E-state index in [-0.39, 0.29) is 37.5 Å². The molecule has 0 radical (unpaired) electrons. The van der Waals surface area contributed by atoms with Gasteiger partial charge in [0.25, 0.3) is 0 Å².